The Morgan fingerprint density at radius 3 is 1.57 bits per heavy atom. The van der Waals surface area contributed by atoms with Crippen molar-refractivity contribution < 1.29 is 10.2 Å². The number of aliphatic hydroxyl groups is 2. The maximum Gasteiger partial charge on any atom is 0.0798 e. The molecule has 0 aliphatic heterocycles. The summed E-state index contributed by atoms with van der Waals surface area (Å²) in [5.41, 5.74) is 19.8. The van der Waals surface area contributed by atoms with Crippen molar-refractivity contribution in [1.82, 2.24) is 0 Å². The fraction of sp³-hybridized carbons (Fsp3) is 0.600. The van der Waals surface area contributed by atoms with E-state index in [0.29, 0.717) is 17.8 Å². The molecule has 6 aliphatic carbocycles. The molecule has 47 heavy (non-hydrogen) atoms. The minimum Gasteiger partial charge on any atom is -0.388 e. The molecule has 3 aromatic rings. The first-order chi connectivity index (χ1) is 22.6. The highest BCUT2D eigenvalue weighted by molar-refractivity contribution is 5.53. The smallest absolute Gasteiger partial charge is 0.0798 e. The predicted molar refractivity (Wildman–Crippen MR) is 196 cm³/mol. The number of aryl methyl sites for hydroxylation is 3. The summed E-state index contributed by atoms with van der Waals surface area (Å²) in [6.07, 6.45) is 16.9. The van der Waals surface area contributed by atoms with E-state index in [1.54, 1.807) is 38.9 Å². The summed E-state index contributed by atoms with van der Waals surface area (Å²) in [4.78, 5) is 0. The fourth-order valence-electron chi connectivity index (χ4n) is 9.88. The van der Waals surface area contributed by atoms with Crippen LogP contribution in [-0.4, -0.2) is 10.2 Å². The van der Waals surface area contributed by atoms with Gasteiger partial charge in [0, 0.05) is 0 Å². The Labute approximate surface area is 285 Å². The molecule has 0 spiro atoms. The van der Waals surface area contributed by atoms with E-state index >= 15 is 0 Å². The van der Waals surface area contributed by atoms with Crippen LogP contribution in [0.4, 0.5) is 0 Å². The van der Waals surface area contributed by atoms with E-state index in [9.17, 15) is 10.2 Å². The van der Waals surface area contributed by atoms with Gasteiger partial charge in [-0.25, -0.2) is 0 Å². The van der Waals surface area contributed by atoms with Crippen molar-refractivity contribution in [2.45, 2.75) is 173 Å². The average Bonchev–Trinajstić information content (AvgIpc) is 3.91. The van der Waals surface area contributed by atoms with Crippen molar-refractivity contribution in [3.8, 4) is 0 Å². The summed E-state index contributed by atoms with van der Waals surface area (Å²) >= 11 is 0. The van der Waals surface area contributed by atoms with Gasteiger partial charge in [0.2, 0.25) is 0 Å². The highest BCUT2D eigenvalue weighted by atomic mass is 16.3. The molecule has 2 N–H and O–H groups in total. The number of hydrogen-bond acceptors (Lipinski definition) is 2. The van der Waals surface area contributed by atoms with Crippen LogP contribution in [0.2, 0.25) is 0 Å². The highest BCUT2D eigenvalue weighted by Crippen LogP contribution is 2.49. The molecule has 9 rings (SSSR count). The maximum absolute atomic E-state index is 10.1. The molecule has 6 aliphatic rings. The quantitative estimate of drug-likeness (QED) is 0.294. The van der Waals surface area contributed by atoms with Crippen LogP contribution in [0.5, 0.6) is 0 Å². The second-order valence-electron chi connectivity index (χ2n) is 16.7. The van der Waals surface area contributed by atoms with Crippen LogP contribution in [0.25, 0.3) is 0 Å². The zero-order valence-electron chi connectivity index (χ0n) is 30.2. The van der Waals surface area contributed by atoms with Crippen LogP contribution in [0.15, 0.2) is 30.3 Å². The summed E-state index contributed by atoms with van der Waals surface area (Å²) in [5, 5.41) is 20.2. The van der Waals surface area contributed by atoms with Crippen LogP contribution < -0.4 is 0 Å². The molecule has 252 valence electrons. The molecule has 3 aromatic carbocycles. The van der Waals surface area contributed by atoms with Gasteiger partial charge in [0.05, 0.1) is 12.2 Å². The van der Waals surface area contributed by atoms with E-state index in [2.05, 4.69) is 71.9 Å². The zero-order valence-corrected chi connectivity index (χ0v) is 30.2. The molecule has 2 heteroatoms. The zero-order chi connectivity index (χ0) is 33.0. The van der Waals surface area contributed by atoms with Crippen LogP contribution in [0.1, 0.15) is 207 Å². The van der Waals surface area contributed by atoms with Crippen LogP contribution in [0.3, 0.4) is 0 Å². The number of hydrogen-bond donors (Lipinski definition) is 2. The first kappa shape index (κ1) is 33.1. The lowest BCUT2D eigenvalue weighted by atomic mass is 9.87. The lowest BCUT2D eigenvalue weighted by molar-refractivity contribution is 0.178. The highest BCUT2D eigenvalue weighted by Gasteiger charge is 2.33. The molecule has 0 bridgehead atoms. The molecule has 2 saturated carbocycles. The normalized spacial score (nSPS) is 22.1. The van der Waals surface area contributed by atoms with Gasteiger partial charge >= 0.3 is 0 Å². The first-order valence-corrected chi connectivity index (χ1v) is 19.5. The maximum atomic E-state index is 10.1. The average molecular weight is 633 g/mol. The number of fused-ring (bicyclic) bond motifs is 4. The van der Waals surface area contributed by atoms with E-state index < -0.39 is 0 Å². The SMILES string of the molecule is CC(C)c1c(C2CC2)cccc1C1CC1.CC(C)c1c2c(cc3c1C(O)CC3)CCC2.CC(C)c1c2c(cc3c1CCC3O)CCC2. The molecular formula is C45H60O2. The van der Waals surface area contributed by atoms with Crippen molar-refractivity contribution in [2.24, 2.45) is 0 Å². The molecular weight excluding hydrogens is 572 g/mol. The summed E-state index contributed by atoms with van der Waals surface area (Å²) in [6.45, 7) is 13.8. The molecule has 0 radical (unpaired) electrons. The lowest BCUT2D eigenvalue weighted by Crippen LogP contribution is -2.05. The summed E-state index contributed by atoms with van der Waals surface area (Å²) < 4.78 is 0. The van der Waals surface area contributed by atoms with E-state index in [0.717, 1.165) is 37.5 Å². The Bertz CT molecular complexity index is 1590. The lowest BCUT2D eigenvalue weighted by Gasteiger charge is -2.19. The summed E-state index contributed by atoms with van der Waals surface area (Å²) in [6, 6.07) is 11.7. The van der Waals surface area contributed by atoms with Gasteiger partial charge in [-0.3, -0.25) is 0 Å². The van der Waals surface area contributed by atoms with Crippen molar-refractivity contribution in [2.75, 3.05) is 0 Å². The topological polar surface area (TPSA) is 40.5 Å². The van der Waals surface area contributed by atoms with Gasteiger partial charge in [-0.05, 0) is 192 Å². The third-order valence-corrected chi connectivity index (χ3v) is 12.1. The van der Waals surface area contributed by atoms with Crippen LogP contribution >= 0.6 is 0 Å². The molecule has 2 atom stereocenters. The minimum atomic E-state index is -0.196. The Kier molecular flexibility index (Phi) is 9.49. The van der Waals surface area contributed by atoms with E-state index in [1.165, 1.54) is 97.6 Å². The van der Waals surface area contributed by atoms with Crippen molar-refractivity contribution in [3.63, 3.8) is 0 Å². The predicted octanol–water partition coefficient (Wildman–Crippen LogP) is 11.1. The Balaban J connectivity index is 0.000000112. The second kappa shape index (κ2) is 13.5. The van der Waals surface area contributed by atoms with Crippen molar-refractivity contribution in [3.05, 3.63) is 103 Å². The van der Waals surface area contributed by atoms with E-state index in [4.69, 9.17) is 0 Å². The van der Waals surface area contributed by atoms with Crippen LogP contribution in [-0.2, 0) is 38.5 Å². The standard InChI is InChI=1S/2C15H20O.C15H20/c1-9(2)14-12-5-3-4-10(12)8-11-6-7-13(16)15(11)14;1-9(2)15-11-5-3-4-10(11)8-13-12(15)6-7-14(13)16;1-10(2)15-13(11-6-7-11)4-3-5-14(15)12-8-9-12/h8-9,13,16H,3-7H2,1-2H3;8-9,14,16H,3-7H2,1-2H3;3-5,10-12H,6-9H2,1-2H3. The second-order valence-corrected chi connectivity index (χ2v) is 16.7. The third kappa shape index (κ3) is 6.51. The van der Waals surface area contributed by atoms with Gasteiger partial charge in [-0.2, -0.15) is 0 Å². The fourth-order valence-corrected chi connectivity index (χ4v) is 9.88. The number of rotatable bonds is 5. The largest absolute Gasteiger partial charge is 0.388 e. The first-order valence-electron chi connectivity index (χ1n) is 19.5. The van der Waals surface area contributed by atoms with Crippen molar-refractivity contribution >= 4 is 0 Å². The third-order valence-electron chi connectivity index (χ3n) is 12.1. The molecule has 2 fully saturated rings. The monoisotopic (exact) mass is 632 g/mol. The molecule has 2 nitrogen and oxygen atoms in total. The molecule has 0 saturated heterocycles. The summed E-state index contributed by atoms with van der Waals surface area (Å²) in [5.74, 6) is 3.67. The van der Waals surface area contributed by atoms with Gasteiger partial charge in [-0.1, -0.05) is 71.9 Å². The van der Waals surface area contributed by atoms with E-state index in [1.807, 2.05) is 0 Å². The van der Waals surface area contributed by atoms with Gasteiger partial charge in [0.25, 0.3) is 0 Å². The molecule has 0 amide bonds. The van der Waals surface area contributed by atoms with Gasteiger partial charge < -0.3 is 10.2 Å². The molecule has 0 aromatic heterocycles. The summed E-state index contributed by atoms with van der Waals surface area (Å²) in [7, 11) is 0. The minimum absolute atomic E-state index is 0.196. The Morgan fingerprint density at radius 1 is 0.489 bits per heavy atom. The Hall–Kier alpha value is -2.42. The molecule has 0 heterocycles. The molecule has 2 unspecified atom stereocenters. The van der Waals surface area contributed by atoms with Crippen LogP contribution in [0, 0.1) is 0 Å². The number of aliphatic hydroxyl groups excluding tert-OH is 2. The number of benzene rings is 3. The van der Waals surface area contributed by atoms with Gasteiger partial charge in [-0.15, -0.1) is 0 Å². The van der Waals surface area contributed by atoms with Crippen molar-refractivity contribution in [1.29, 1.82) is 0 Å². The Morgan fingerprint density at radius 2 is 1.02 bits per heavy atom. The van der Waals surface area contributed by atoms with Gasteiger partial charge in [0.15, 0.2) is 0 Å². The van der Waals surface area contributed by atoms with Gasteiger partial charge in [0.1, 0.15) is 0 Å². The van der Waals surface area contributed by atoms with E-state index in [-0.39, 0.29) is 12.2 Å².